The summed E-state index contributed by atoms with van der Waals surface area (Å²) in [6.07, 6.45) is 0. The summed E-state index contributed by atoms with van der Waals surface area (Å²) in [5.41, 5.74) is 0. The third kappa shape index (κ3) is 2260. The molecule has 2 heteroatoms. The van der Waals surface area contributed by atoms with Crippen LogP contribution in [0.1, 0.15) is 14.4 Å². The highest BCUT2D eigenvalue weighted by atomic mass is 16.2. The molecule has 0 aliphatic rings. The predicted molar refractivity (Wildman–Crippen MR) is 24.5 cm³/mol. The van der Waals surface area contributed by atoms with E-state index in [9.17, 15) is 0 Å². The van der Waals surface area contributed by atoms with E-state index in [2.05, 4.69) is 0 Å². The number of hydrogen-bond acceptors (Lipinski definition) is 2. The molecule has 0 amide bonds. The SMILES string of the molecule is C.CCO.N. The lowest BCUT2D eigenvalue weighted by atomic mass is 10.9. The van der Waals surface area contributed by atoms with Crippen LogP contribution < -0.4 is 6.15 Å². The van der Waals surface area contributed by atoms with Gasteiger partial charge >= 0.3 is 0 Å². The lowest BCUT2D eigenvalue weighted by Crippen LogP contribution is -1.57. The summed E-state index contributed by atoms with van der Waals surface area (Å²) in [5.74, 6) is 0. The molecule has 5 heavy (non-hydrogen) atoms. The fraction of sp³-hybridized carbons (Fsp3) is 1.00. The zero-order chi connectivity index (χ0) is 2.71. The quantitative estimate of drug-likeness (QED) is 0.451. The van der Waals surface area contributed by atoms with E-state index in [4.69, 9.17) is 5.11 Å². The second kappa shape index (κ2) is 39.5. The molecule has 0 aromatic heterocycles. The monoisotopic (exact) mass is 79.1 g/mol. The highest BCUT2D eigenvalue weighted by Gasteiger charge is 1.34. The largest absolute Gasteiger partial charge is 0.397 e. The highest BCUT2D eigenvalue weighted by Crippen LogP contribution is 1.30. The summed E-state index contributed by atoms with van der Waals surface area (Å²) < 4.78 is 0. The highest BCUT2D eigenvalue weighted by molar-refractivity contribution is 3.84. The van der Waals surface area contributed by atoms with Gasteiger partial charge in [-0.25, -0.2) is 0 Å². The van der Waals surface area contributed by atoms with Gasteiger partial charge < -0.3 is 11.3 Å². The van der Waals surface area contributed by atoms with Crippen LogP contribution in [-0.2, 0) is 0 Å². The average Bonchev–Trinajstić information content (AvgIpc) is 0.918. The molecule has 0 fully saturated rings. The average molecular weight is 79.1 g/mol. The van der Waals surface area contributed by atoms with Crippen molar-refractivity contribution in [2.24, 2.45) is 0 Å². The van der Waals surface area contributed by atoms with Crippen molar-refractivity contribution in [2.45, 2.75) is 14.4 Å². The fourth-order valence-electron chi connectivity index (χ4n) is 0. The molecular weight excluding hydrogens is 66.0 g/mol. The van der Waals surface area contributed by atoms with Gasteiger partial charge in [0.15, 0.2) is 0 Å². The standard InChI is InChI=1S/C2H6O.CH4.H3N/c1-2-3;;/h3H,2H2,1H3;1H4;1H3. The van der Waals surface area contributed by atoms with Crippen molar-refractivity contribution in [1.82, 2.24) is 6.15 Å². The number of rotatable bonds is 0. The smallest absolute Gasteiger partial charge is 0.0402 e. The molecule has 0 aliphatic heterocycles. The van der Waals surface area contributed by atoms with Crippen LogP contribution in [0.2, 0.25) is 0 Å². The lowest BCUT2D eigenvalue weighted by Gasteiger charge is -1.52. The first-order valence-corrected chi connectivity index (χ1v) is 1.02. The van der Waals surface area contributed by atoms with Crippen LogP contribution in [-0.4, -0.2) is 11.7 Å². The Kier molecular flexibility index (Phi) is 162. The summed E-state index contributed by atoms with van der Waals surface area (Å²) in [6, 6.07) is 0. The van der Waals surface area contributed by atoms with Gasteiger partial charge in [-0.2, -0.15) is 0 Å². The molecule has 4 N–H and O–H groups in total. The van der Waals surface area contributed by atoms with Gasteiger partial charge in [0.1, 0.15) is 0 Å². The van der Waals surface area contributed by atoms with Crippen molar-refractivity contribution < 1.29 is 5.11 Å². The minimum absolute atomic E-state index is 0. The second-order valence-corrected chi connectivity index (χ2v) is 0.316. The van der Waals surface area contributed by atoms with Crippen molar-refractivity contribution in [3.8, 4) is 0 Å². The van der Waals surface area contributed by atoms with Crippen LogP contribution in [0.15, 0.2) is 0 Å². The maximum atomic E-state index is 7.57. The lowest BCUT2D eigenvalue weighted by molar-refractivity contribution is 0.318. The Bertz CT molecular complexity index is 6.85. The molecular formula is C3H13NO. The van der Waals surface area contributed by atoms with Crippen LogP contribution >= 0.6 is 0 Å². The first-order valence-electron chi connectivity index (χ1n) is 1.02. The zero-order valence-electron chi connectivity index (χ0n) is 2.86. The molecule has 0 aromatic rings. The summed E-state index contributed by atoms with van der Waals surface area (Å²) in [7, 11) is 0. The predicted octanol–water partition coefficient (Wildman–Crippen LogP) is 0.797. The zero-order valence-corrected chi connectivity index (χ0v) is 2.86. The summed E-state index contributed by atoms with van der Waals surface area (Å²) in [4.78, 5) is 0. The van der Waals surface area contributed by atoms with Gasteiger partial charge in [-0.1, -0.05) is 7.43 Å². The van der Waals surface area contributed by atoms with Crippen molar-refractivity contribution in [2.75, 3.05) is 6.61 Å². The van der Waals surface area contributed by atoms with Gasteiger partial charge in [-0.15, -0.1) is 0 Å². The molecule has 0 heterocycles. The molecule has 0 saturated carbocycles. The Morgan fingerprint density at radius 2 is 1.60 bits per heavy atom. The summed E-state index contributed by atoms with van der Waals surface area (Å²) in [5, 5.41) is 7.57. The van der Waals surface area contributed by atoms with Crippen molar-refractivity contribution in [3.63, 3.8) is 0 Å². The normalized spacial score (nSPS) is 3.60. The molecule has 0 rings (SSSR count). The van der Waals surface area contributed by atoms with Crippen molar-refractivity contribution >= 4 is 0 Å². The van der Waals surface area contributed by atoms with Crippen molar-refractivity contribution in [1.29, 1.82) is 0 Å². The van der Waals surface area contributed by atoms with E-state index < -0.39 is 0 Å². The molecule has 0 spiro atoms. The van der Waals surface area contributed by atoms with E-state index in [0.29, 0.717) is 0 Å². The van der Waals surface area contributed by atoms with Gasteiger partial charge in [-0.3, -0.25) is 0 Å². The maximum Gasteiger partial charge on any atom is 0.0402 e. The van der Waals surface area contributed by atoms with Gasteiger partial charge in [0, 0.05) is 6.61 Å². The molecule has 0 aliphatic carbocycles. The molecule has 36 valence electrons. The molecule has 0 saturated heterocycles. The Labute approximate surface area is 33.4 Å². The van der Waals surface area contributed by atoms with Crippen LogP contribution in [0, 0.1) is 0 Å². The van der Waals surface area contributed by atoms with Gasteiger partial charge in [0.25, 0.3) is 0 Å². The Balaban J connectivity index is -0.0000000200. The number of aliphatic hydroxyl groups is 1. The third-order valence-electron chi connectivity index (χ3n) is 0. The number of aliphatic hydroxyl groups excluding tert-OH is 1. The van der Waals surface area contributed by atoms with E-state index in [-0.39, 0.29) is 20.2 Å². The molecule has 2 nitrogen and oxygen atoms in total. The van der Waals surface area contributed by atoms with E-state index in [1.54, 1.807) is 6.92 Å². The minimum Gasteiger partial charge on any atom is -0.397 e. The summed E-state index contributed by atoms with van der Waals surface area (Å²) in [6.45, 7) is 1.93. The minimum atomic E-state index is 0. The van der Waals surface area contributed by atoms with Gasteiger partial charge in [0.2, 0.25) is 0 Å². The van der Waals surface area contributed by atoms with Gasteiger partial charge in [-0.05, 0) is 6.92 Å². The van der Waals surface area contributed by atoms with Crippen LogP contribution in [0.25, 0.3) is 0 Å². The Morgan fingerprint density at radius 1 is 1.60 bits per heavy atom. The van der Waals surface area contributed by atoms with E-state index in [0.717, 1.165) is 0 Å². The first-order chi connectivity index (χ1) is 1.41. The molecule has 0 bridgehead atoms. The first kappa shape index (κ1) is 20.5. The van der Waals surface area contributed by atoms with Crippen LogP contribution in [0.5, 0.6) is 0 Å². The van der Waals surface area contributed by atoms with E-state index >= 15 is 0 Å². The molecule has 0 aromatic carbocycles. The third-order valence-corrected chi connectivity index (χ3v) is 0. The molecule has 0 unspecified atom stereocenters. The Hall–Kier alpha value is -0.0800. The van der Waals surface area contributed by atoms with Crippen molar-refractivity contribution in [3.05, 3.63) is 0 Å². The topological polar surface area (TPSA) is 55.2 Å². The maximum absolute atomic E-state index is 7.57. The molecule has 0 atom stereocenters. The summed E-state index contributed by atoms with van der Waals surface area (Å²) >= 11 is 0. The number of hydrogen-bond donors (Lipinski definition) is 2. The van der Waals surface area contributed by atoms with Crippen LogP contribution in [0.3, 0.4) is 0 Å². The van der Waals surface area contributed by atoms with E-state index in [1.165, 1.54) is 0 Å². The fourth-order valence-corrected chi connectivity index (χ4v) is 0. The molecule has 0 radical (unpaired) electrons. The second-order valence-electron chi connectivity index (χ2n) is 0.316. The Morgan fingerprint density at radius 3 is 1.60 bits per heavy atom. The van der Waals surface area contributed by atoms with E-state index in [1.807, 2.05) is 0 Å². The van der Waals surface area contributed by atoms with Crippen LogP contribution in [0.4, 0.5) is 0 Å². The van der Waals surface area contributed by atoms with Gasteiger partial charge in [0.05, 0.1) is 0 Å².